The summed E-state index contributed by atoms with van der Waals surface area (Å²) in [5, 5.41) is 3.39. The van der Waals surface area contributed by atoms with E-state index in [2.05, 4.69) is 57.4 Å². The summed E-state index contributed by atoms with van der Waals surface area (Å²) >= 11 is 0. The third-order valence-electron chi connectivity index (χ3n) is 3.19. The summed E-state index contributed by atoms with van der Waals surface area (Å²) in [4.78, 5) is 0. The van der Waals surface area contributed by atoms with Gasteiger partial charge in [-0.15, -0.1) is 0 Å². The van der Waals surface area contributed by atoms with Gasteiger partial charge in [-0.25, -0.2) is 0 Å². The van der Waals surface area contributed by atoms with Crippen LogP contribution in [0, 0.1) is 5.92 Å². The molecule has 1 nitrogen and oxygen atoms in total. The predicted molar refractivity (Wildman–Crippen MR) is 71.8 cm³/mol. The third-order valence-corrected chi connectivity index (χ3v) is 3.19. The summed E-state index contributed by atoms with van der Waals surface area (Å²) in [5.41, 5.74) is 2.89. The molecule has 0 saturated carbocycles. The standard InChI is InChI=1S/C15H25N/c1-5-6-13-7-9-14(10-8-13)11-15(16-4)12(2)3/h7-10,12,15-16H,5-6,11H2,1-4H3. The zero-order valence-electron chi connectivity index (χ0n) is 11.1. The molecule has 1 aromatic carbocycles. The van der Waals surface area contributed by atoms with E-state index in [1.165, 1.54) is 24.0 Å². The van der Waals surface area contributed by atoms with E-state index >= 15 is 0 Å². The molecule has 1 atom stereocenters. The lowest BCUT2D eigenvalue weighted by molar-refractivity contribution is 0.424. The first-order valence-corrected chi connectivity index (χ1v) is 6.42. The highest BCUT2D eigenvalue weighted by molar-refractivity contribution is 5.23. The SMILES string of the molecule is CCCc1ccc(CC(NC)C(C)C)cc1. The van der Waals surface area contributed by atoms with Crippen LogP contribution in [-0.2, 0) is 12.8 Å². The largest absolute Gasteiger partial charge is 0.316 e. The van der Waals surface area contributed by atoms with E-state index in [1.54, 1.807) is 0 Å². The number of likely N-dealkylation sites (N-methyl/N-ethyl adjacent to an activating group) is 1. The fourth-order valence-corrected chi connectivity index (χ4v) is 2.06. The fourth-order valence-electron chi connectivity index (χ4n) is 2.06. The fraction of sp³-hybridized carbons (Fsp3) is 0.600. The number of hydrogen-bond donors (Lipinski definition) is 1. The molecule has 1 heteroatoms. The molecule has 0 aliphatic rings. The molecule has 0 fully saturated rings. The summed E-state index contributed by atoms with van der Waals surface area (Å²) in [5.74, 6) is 0.681. The Morgan fingerprint density at radius 2 is 1.62 bits per heavy atom. The molecule has 0 aromatic heterocycles. The van der Waals surface area contributed by atoms with Gasteiger partial charge in [0.1, 0.15) is 0 Å². The van der Waals surface area contributed by atoms with Crippen molar-refractivity contribution in [3.8, 4) is 0 Å². The van der Waals surface area contributed by atoms with Gasteiger partial charge in [0, 0.05) is 6.04 Å². The number of hydrogen-bond acceptors (Lipinski definition) is 1. The number of rotatable bonds is 6. The molecule has 0 spiro atoms. The van der Waals surface area contributed by atoms with E-state index in [9.17, 15) is 0 Å². The quantitative estimate of drug-likeness (QED) is 0.773. The van der Waals surface area contributed by atoms with Gasteiger partial charge in [-0.3, -0.25) is 0 Å². The van der Waals surface area contributed by atoms with E-state index in [1.807, 2.05) is 0 Å². The molecule has 0 aliphatic carbocycles. The van der Waals surface area contributed by atoms with Gasteiger partial charge >= 0.3 is 0 Å². The predicted octanol–water partition coefficient (Wildman–Crippen LogP) is 3.43. The van der Waals surface area contributed by atoms with E-state index in [0.29, 0.717) is 12.0 Å². The Morgan fingerprint density at radius 1 is 1.06 bits per heavy atom. The van der Waals surface area contributed by atoms with E-state index < -0.39 is 0 Å². The monoisotopic (exact) mass is 219 g/mol. The Morgan fingerprint density at radius 3 is 2.06 bits per heavy atom. The van der Waals surface area contributed by atoms with Crippen molar-refractivity contribution in [2.45, 2.75) is 46.1 Å². The molecule has 0 heterocycles. The number of benzene rings is 1. The molecular formula is C15H25N. The molecule has 1 N–H and O–H groups in total. The molecular weight excluding hydrogens is 194 g/mol. The van der Waals surface area contributed by atoms with Crippen LogP contribution in [0.2, 0.25) is 0 Å². The minimum absolute atomic E-state index is 0.581. The van der Waals surface area contributed by atoms with Crippen LogP contribution in [0.25, 0.3) is 0 Å². The molecule has 0 bridgehead atoms. The summed E-state index contributed by atoms with van der Waals surface area (Å²) in [6.07, 6.45) is 3.55. The van der Waals surface area contributed by atoms with E-state index in [4.69, 9.17) is 0 Å². The molecule has 0 saturated heterocycles. The first-order chi connectivity index (χ1) is 7.67. The molecule has 1 unspecified atom stereocenters. The Labute approximate surface area is 100 Å². The van der Waals surface area contributed by atoms with Crippen molar-refractivity contribution in [1.82, 2.24) is 5.32 Å². The lowest BCUT2D eigenvalue weighted by Crippen LogP contribution is -2.32. The third kappa shape index (κ3) is 3.97. The lowest BCUT2D eigenvalue weighted by atomic mass is 9.96. The normalized spacial score (nSPS) is 13.1. The zero-order valence-corrected chi connectivity index (χ0v) is 11.1. The van der Waals surface area contributed by atoms with Crippen LogP contribution in [0.15, 0.2) is 24.3 Å². The molecule has 0 aliphatic heterocycles. The minimum atomic E-state index is 0.581. The van der Waals surface area contributed by atoms with E-state index in [-0.39, 0.29) is 0 Å². The van der Waals surface area contributed by atoms with Crippen LogP contribution >= 0.6 is 0 Å². The summed E-state index contributed by atoms with van der Waals surface area (Å²) in [6, 6.07) is 9.67. The van der Waals surface area contributed by atoms with Crippen LogP contribution in [0.5, 0.6) is 0 Å². The number of nitrogens with one attached hydrogen (secondary N) is 1. The van der Waals surface area contributed by atoms with Crippen molar-refractivity contribution < 1.29 is 0 Å². The van der Waals surface area contributed by atoms with Crippen molar-refractivity contribution in [2.24, 2.45) is 5.92 Å². The van der Waals surface area contributed by atoms with Gasteiger partial charge in [0.2, 0.25) is 0 Å². The van der Waals surface area contributed by atoms with Crippen LogP contribution in [0.4, 0.5) is 0 Å². The molecule has 90 valence electrons. The molecule has 0 radical (unpaired) electrons. The highest BCUT2D eigenvalue weighted by atomic mass is 14.9. The van der Waals surface area contributed by atoms with Gasteiger partial charge in [-0.2, -0.15) is 0 Å². The van der Waals surface area contributed by atoms with E-state index in [0.717, 1.165) is 6.42 Å². The summed E-state index contributed by atoms with van der Waals surface area (Å²) in [7, 11) is 2.05. The highest BCUT2D eigenvalue weighted by Crippen LogP contribution is 2.12. The van der Waals surface area contributed by atoms with Crippen molar-refractivity contribution in [3.63, 3.8) is 0 Å². The maximum atomic E-state index is 3.39. The maximum Gasteiger partial charge on any atom is 0.0127 e. The Hall–Kier alpha value is -0.820. The molecule has 1 aromatic rings. The Kier molecular flexibility index (Phi) is 5.54. The van der Waals surface area contributed by atoms with Gasteiger partial charge in [0.25, 0.3) is 0 Å². The van der Waals surface area contributed by atoms with Crippen LogP contribution < -0.4 is 5.32 Å². The smallest absolute Gasteiger partial charge is 0.0127 e. The second kappa shape index (κ2) is 6.70. The number of aryl methyl sites for hydroxylation is 1. The second-order valence-corrected chi connectivity index (χ2v) is 4.91. The lowest BCUT2D eigenvalue weighted by Gasteiger charge is -2.20. The maximum absolute atomic E-state index is 3.39. The summed E-state index contributed by atoms with van der Waals surface area (Å²) in [6.45, 7) is 6.77. The first kappa shape index (κ1) is 13.2. The van der Waals surface area contributed by atoms with Gasteiger partial charge in [-0.1, -0.05) is 51.5 Å². The van der Waals surface area contributed by atoms with Gasteiger partial charge < -0.3 is 5.32 Å². The van der Waals surface area contributed by atoms with Crippen molar-refractivity contribution in [3.05, 3.63) is 35.4 Å². The highest BCUT2D eigenvalue weighted by Gasteiger charge is 2.10. The molecule has 1 rings (SSSR count). The van der Waals surface area contributed by atoms with Crippen LogP contribution in [0.1, 0.15) is 38.3 Å². The Bertz CT molecular complexity index is 287. The minimum Gasteiger partial charge on any atom is -0.316 e. The van der Waals surface area contributed by atoms with Crippen LogP contribution in [0.3, 0.4) is 0 Å². The first-order valence-electron chi connectivity index (χ1n) is 6.42. The van der Waals surface area contributed by atoms with Crippen molar-refractivity contribution in [2.75, 3.05) is 7.05 Å². The second-order valence-electron chi connectivity index (χ2n) is 4.91. The van der Waals surface area contributed by atoms with Gasteiger partial charge in [-0.05, 0) is 36.9 Å². The molecule has 16 heavy (non-hydrogen) atoms. The van der Waals surface area contributed by atoms with Crippen molar-refractivity contribution in [1.29, 1.82) is 0 Å². The topological polar surface area (TPSA) is 12.0 Å². The Balaban J connectivity index is 2.60. The summed E-state index contributed by atoms with van der Waals surface area (Å²) < 4.78 is 0. The van der Waals surface area contributed by atoms with Crippen LogP contribution in [-0.4, -0.2) is 13.1 Å². The van der Waals surface area contributed by atoms with Crippen molar-refractivity contribution >= 4 is 0 Å². The average Bonchev–Trinajstić information content (AvgIpc) is 2.28. The average molecular weight is 219 g/mol. The van der Waals surface area contributed by atoms with Gasteiger partial charge in [0.05, 0.1) is 0 Å². The van der Waals surface area contributed by atoms with Gasteiger partial charge in [0.15, 0.2) is 0 Å². The molecule has 0 amide bonds. The zero-order chi connectivity index (χ0) is 12.0.